The predicted octanol–water partition coefficient (Wildman–Crippen LogP) is 4.06. The van der Waals surface area contributed by atoms with Crippen LogP contribution in [0.3, 0.4) is 0 Å². The van der Waals surface area contributed by atoms with Gasteiger partial charge in [0, 0.05) is 12.6 Å². The molecule has 0 saturated heterocycles. The van der Waals surface area contributed by atoms with Crippen molar-refractivity contribution in [2.24, 2.45) is 0 Å². The van der Waals surface area contributed by atoms with Crippen molar-refractivity contribution in [1.82, 2.24) is 10.2 Å². The molecule has 8 nitrogen and oxygen atoms in total. The molecule has 2 aromatic rings. The van der Waals surface area contributed by atoms with Gasteiger partial charge in [0.15, 0.2) is 0 Å². The quantitative estimate of drug-likeness (QED) is 0.474. The lowest BCUT2D eigenvalue weighted by atomic mass is 10.0. The number of ether oxygens (including phenoxy) is 1. The molecule has 0 aromatic heterocycles. The minimum absolute atomic E-state index is 0.107. The average molecular weight is 530 g/mol. The number of sulfonamides is 1. The number of nitrogens with zero attached hydrogens (tertiary/aromatic N) is 2. The summed E-state index contributed by atoms with van der Waals surface area (Å²) in [6.45, 7) is 5.53. The number of carbonyl (C=O) groups is 2. The summed E-state index contributed by atoms with van der Waals surface area (Å²) in [6.07, 6.45) is 5.09. The van der Waals surface area contributed by atoms with Crippen molar-refractivity contribution in [2.45, 2.75) is 71.0 Å². The highest BCUT2D eigenvalue weighted by molar-refractivity contribution is 7.92. The molecule has 0 bridgehead atoms. The standard InChI is InChI=1S/C28H39N3O5S/c1-20(2)23-13-15-25(16-14-23)31(37(5,34)35)19-27(32)30(18-22-9-8-12-26(17-22)36-4)21(3)28(33)29-24-10-6-7-11-24/h8-9,12-17,20-21,24H,6-7,10-11,18-19H2,1-5H3,(H,29,33). The Morgan fingerprint density at radius 3 is 2.27 bits per heavy atom. The fourth-order valence-corrected chi connectivity index (χ4v) is 5.43. The Kier molecular flexibility index (Phi) is 9.59. The van der Waals surface area contributed by atoms with E-state index in [2.05, 4.69) is 19.2 Å². The first kappa shape index (κ1) is 28.5. The molecule has 37 heavy (non-hydrogen) atoms. The molecule has 2 aromatic carbocycles. The average Bonchev–Trinajstić information content (AvgIpc) is 3.37. The molecule has 1 atom stereocenters. The molecule has 1 N–H and O–H groups in total. The van der Waals surface area contributed by atoms with E-state index in [1.54, 1.807) is 38.3 Å². The van der Waals surface area contributed by atoms with E-state index in [0.29, 0.717) is 17.4 Å². The summed E-state index contributed by atoms with van der Waals surface area (Å²) in [5.41, 5.74) is 2.26. The Bertz CT molecular complexity index is 1170. The van der Waals surface area contributed by atoms with Crippen molar-refractivity contribution in [3.05, 3.63) is 59.7 Å². The Morgan fingerprint density at radius 2 is 1.70 bits per heavy atom. The fourth-order valence-electron chi connectivity index (χ4n) is 4.58. The van der Waals surface area contributed by atoms with Crippen molar-refractivity contribution < 1.29 is 22.7 Å². The summed E-state index contributed by atoms with van der Waals surface area (Å²) in [4.78, 5) is 28.3. The number of nitrogens with one attached hydrogen (secondary N) is 1. The number of rotatable bonds is 11. The van der Waals surface area contributed by atoms with Crippen molar-refractivity contribution in [2.75, 3.05) is 24.2 Å². The van der Waals surface area contributed by atoms with Gasteiger partial charge in [-0.1, -0.05) is 51.0 Å². The third-order valence-corrected chi connectivity index (χ3v) is 8.02. The summed E-state index contributed by atoms with van der Waals surface area (Å²) in [7, 11) is -2.20. The van der Waals surface area contributed by atoms with Crippen LogP contribution < -0.4 is 14.4 Å². The second-order valence-corrected chi connectivity index (χ2v) is 12.0. The van der Waals surface area contributed by atoms with Crippen LogP contribution in [0.25, 0.3) is 0 Å². The molecule has 0 heterocycles. The minimum atomic E-state index is -3.76. The van der Waals surface area contributed by atoms with E-state index in [-0.39, 0.29) is 18.5 Å². The first-order valence-electron chi connectivity index (χ1n) is 12.8. The first-order chi connectivity index (χ1) is 17.5. The molecule has 0 aliphatic heterocycles. The van der Waals surface area contributed by atoms with Gasteiger partial charge in [-0.15, -0.1) is 0 Å². The Labute approximate surface area is 221 Å². The van der Waals surface area contributed by atoms with Crippen LogP contribution in [0.4, 0.5) is 5.69 Å². The van der Waals surface area contributed by atoms with E-state index in [4.69, 9.17) is 4.74 Å². The number of amides is 2. The smallest absolute Gasteiger partial charge is 0.244 e. The van der Waals surface area contributed by atoms with Gasteiger partial charge in [-0.25, -0.2) is 8.42 Å². The summed E-state index contributed by atoms with van der Waals surface area (Å²) >= 11 is 0. The number of carbonyl (C=O) groups excluding carboxylic acids is 2. The molecule has 202 valence electrons. The Balaban J connectivity index is 1.88. The largest absolute Gasteiger partial charge is 0.497 e. The Hall–Kier alpha value is -3.07. The van der Waals surface area contributed by atoms with Gasteiger partial charge < -0.3 is 15.0 Å². The first-order valence-corrected chi connectivity index (χ1v) is 14.6. The topological polar surface area (TPSA) is 96.0 Å². The van der Waals surface area contributed by atoms with Crippen molar-refractivity contribution >= 4 is 27.5 Å². The number of anilines is 1. The van der Waals surface area contributed by atoms with Gasteiger partial charge in [0.1, 0.15) is 18.3 Å². The van der Waals surface area contributed by atoms with Gasteiger partial charge in [-0.05, 0) is 61.1 Å². The molecule has 1 unspecified atom stereocenters. The summed E-state index contributed by atoms with van der Waals surface area (Å²) in [6, 6.07) is 13.8. The summed E-state index contributed by atoms with van der Waals surface area (Å²) in [5, 5.41) is 3.06. The number of hydrogen-bond donors (Lipinski definition) is 1. The molecular weight excluding hydrogens is 490 g/mol. The van der Waals surface area contributed by atoms with E-state index >= 15 is 0 Å². The molecule has 3 rings (SSSR count). The van der Waals surface area contributed by atoms with Crippen LogP contribution in [-0.2, 0) is 26.2 Å². The zero-order valence-corrected chi connectivity index (χ0v) is 23.3. The van der Waals surface area contributed by atoms with E-state index in [1.165, 1.54) is 4.90 Å². The van der Waals surface area contributed by atoms with Gasteiger partial charge in [0.2, 0.25) is 21.8 Å². The highest BCUT2D eigenvalue weighted by Crippen LogP contribution is 2.24. The van der Waals surface area contributed by atoms with Crippen LogP contribution in [0.5, 0.6) is 5.75 Å². The molecule has 9 heteroatoms. The molecule has 1 fully saturated rings. The number of benzene rings is 2. The van der Waals surface area contributed by atoms with Gasteiger partial charge in [0.05, 0.1) is 19.1 Å². The minimum Gasteiger partial charge on any atom is -0.497 e. The van der Waals surface area contributed by atoms with E-state index in [1.807, 2.05) is 24.3 Å². The Morgan fingerprint density at radius 1 is 1.05 bits per heavy atom. The maximum atomic E-state index is 13.7. The summed E-state index contributed by atoms with van der Waals surface area (Å²) in [5.74, 6) is 0.224. The normalized spacial score (nSPS) is 14.9. The lowest BCUT2D eigenvalue weighted by Gasteiger charge is -2.32. The van der Waals surface area contributed by atoms with E-state index in [0.717, 1.165) is 47.4 Å². The summed E-state index contributed by atoms with van der Waals surface area (Å²) < 4.78 is 31.9. The van der Waals surface area contributed by atoms with Gasteiger partial charge in [0.25, 0.3) is 0 Å². The highest BCUT2D eigenvalue weighted by Gasteiger charge is 2.31. The molecule has 0 spiro atoms. The SMILES string of the molecule is COc1cccc(CN(C(=O)CN(c2ccc(C(C)C)cc2)S(C)(=O)=O)C(C)C(=O)NC2CCCC2)c1. The molecule has 2 amide bonds. The molecule has 1 saturated carbocycles. The second-order valence-electron chi connectivity index (χ2n) is 10.1. The van der Waals surface area contributed by atoms with Crippen molar-refractivity contribution in [1.29, 1.82) is 0 Å². The molecular formula is C28H39N3O5S. The zero-order valence-electron chi connectivity index (χ0n) is 22.4. The van der Waals surface area contributed by atoms with E-state index in [9.17, 15) is 18.0 Å². The second kappa shape index (κ2) is 12.4. The van der Waals surface area contributed by atoms with Crippen LogP contribution in [0.15, 0.2) is 48.5 Å². The maximum absolute atomic E-state index is 13.7. The van der Waals surface area contributed by atoms with Crippen LogP contribution in [0.1, 0.15) is 63.5 Å². The van der Waals surface area contributed by atoms with Crippen LogP contribution in [0, 0.1) is 0 Å². The third kappa shape index (κ3) is 7.71. The van der Waals surface area contributed by atoms with Gasteiger partial charge in [-0.3, -0.25) is 13.9 Å². The van der Waals surface area contributed by atoms with Crippen LogP contribution >= 0.6 is 0 Å². The van der Waals surface area contributed by atoms with Crippen molar-refractivity contribution in [3.8, 4) is 5.75 Å². The maximum Gasteiger partial charge on any atom is 0.244 e. The fraction of sp³-hybridized carbons (Fsp3) is 0.500. The van der Waals surface area contributed by atoms with Crippen LogP contribution in [0.2, 0.25) is 0 Å². The van der Waals surface area contributed by atoms with Crippen molar-refractivity contribution in [3.63, 3.8) is 0 Å². The monoisotopic (exact) mass is 529 g/mol. The predicted molar refractivity (Wildman–Crippen MR) is 146 cm³/mol. The van der Waals surface area contributed by atoms with Gasteiger partial charge >= 0.3 is 0 Å². The van der Waals surface area contributed by atoms with E-state index < -0.39 is 28.5 Å². The number of hydrogen-bond acceptors (Lipinski definition) is 5. The van der Waals surface area contributed by atoms with Gasteiger partial charge in [-0.2, -0.15) is 0 Å². The number of methoxy groups -OCH3 is 1. The molecule has 1 aliphatic carbocycles. The van der Waals surface area contributed by atoms with Crippen LogP contribution in [-0.4, -0.2) is 57.1 Å². The molecule has 0 radical (unpaired) electrons. The highest BCUT2D eigenvalue weighted by atomic mass is 32.2. The zero-order chi connectivity index (χ0) is 27.2. The lowest BCUT2D eigenvalue weighted by molar-refractivity contribution is -0.139. The lowest BCUT2D eigenvalue weighted by Crippen LogP contribution is -2.52. The third-order valence-electron chi connectivity index (χ3n) is 6.88. The molecule has 1 aliphatic rings.